The normalized spacial score (nSPS) is 26.7. The Balaban J connectivity index is 1.78. The van der Waals surface area contributed by atoms with Crippen molar-refractivity contribution >= 4 is 11.9 Å². The molecule has 0 bridgehead atoms. The Kier molecular flexibility index (Phi) is 3.79. The lowest BCUT2D eigenvalue weighted by Gasteiger charge is -2.32. The monoisotopic (exact) mass is 287 g/mol. The van der Waals surface area contributed by atoms with E-state index in [9.17, 15) is 0 Å². The third-order valence-corrected chi connectivity index (χ3v) is 3.94. The Bertz CT molecular complexity index is 552. The number of rotatable bonds is 2. The smallest absolute Gasteiger partial charge is 0.220 e. The van der Waals surface area contributed by atoms with Crippen molar-refractivity contribution in [3.8, 4) is 0 Å². The van der Waals surface area contributed by atoms with Gasteiger partial charge in [0.2, 0.25) is 11.9 Å². The maximum absolute atomic E-state index is 5.89. The van der Waals surface area contributed by atoms with Gasteiger partial charge in [0.05, 0.1) is 5.70 Å². The Labute approximate surface area is 124 Å². The lowest BCUT2D eigenvalue weighted by atomic mass is 10.1. The highest BCUT2D eigenvalue weighted by molar-refractivity contribution is 5.97. The molecular formula is C15H21N5O. The van der Waals surface area contributed by atoms with E-state index in [0.717, 1.165) is 31.4 Å². The van der Waals surface area contributed by atoms with Crippen molar-refractivity contribution in [2.75, 3.05) is 7.11 Å². The molecule has 1 atom stereocenters. The second-order valence-electron chi connectivity index (χ2n) is 5.47. The predicted octanol–water partition coefficient (Wildman–Crippen LogP) is 1.15. The third kappa shape index (κ3) is 3.00. The summed E-state index contributed by atoms with van der Waals surface area (Å²) in [6.07, 6.45) is 14.0. The quantitative estimate of drug-likeness (QED) is 0.711. The molecule has 2 aliphatic carbocycles. The van der Waals surface area contributed by atoms with E-state index in [1.54, 1.807) is 7.11 Å². The van der Waals surface area contributed by atoms with Crippen LogP contribution in [0.4, 0.5) is 0 Å². The van der Waals surface area contributed by atoms with Crippen LogP contribution in [0.15, 0.2) is 46.1 Å². The van der Waals surface area contributed by atoms with Gasteiger partial charge in [0.1, 0.15) is 11.8 Å². The van der Waals surface area contributed by atoms with Gasteiger partial charge in [-0.15, -0.1) is 0 Å². The van der Waals surface area contributed by atoms with Crippen molar-refractivity contribution in [1.29, 1.82) is 0 Å². The zero-order valence-electron chi connectivity index (χ0n) is 12.2. The minimum atomic E-state index is -0.284. The number of aliphatic imine (C=N–C) groups is 2. The summed E-state index contributed by atoms with van der Waals surface area (Å²) in [5.74, 6) is 0.967. The number of hydrogen-bond donors (Lipinski definition) is 3. The van der Waals surface area contributed by atoms with Gasteiger partial charge in [-0.2, -0.15) is 4.99 Å². The van der Waals surface area contributed by atoms with Gasteiger partial charge in [-0.05, 0) is 37.8 Å². The maximum atomic E-state index is 5.89. The molecule has 1 aliphatic heterocycles. The second kappa shape index (κ2) is 5.73. The third-order valence-electron chi connectivity index (χ3n) is 3.94. The van der Waals surface area contributed by atoms with Crippen molar-refractivity contribution in [2.24, 2.45) is 15.7 Å². The molecule has 21 heavy (non-hydrogen) atoms. The van der Waals surface area contributed by atoms with E-state index in [0.29, 0.717) is 11.9 Å². The fraction of sp³-hybridized carbons (Fsp3) is 0.467. The van der Waals surface area contributed by atoms with Gasteiger partial charge in [-0.25, -0.2) is 4.99 Å². The minimum Gasteiger partial charge on any atom is -0.371 e. The van der Waals surface area contributed by atoms with Crippen LogP contribution in [0.1, 0.15) is 25.7 Å². The molecule has 1 saturated carbocycles. The number of allylic oxidation sites excluding steroid dienone is 4. The first-order chi connectivity index (χ1) is 10.2. The fourth-order valence-electron chi connectivity index (χ4n) is 2.93. The highest BCUT2D eigenvalue weighted by Gasteiger charge is 2.37. The number of nitrogens with zero attached hydrogens (tertiary/aromatic N) is 2. The number of guanidine groups is 2. The van der Waals surface area contributed by atoms with E-state index in [4.69, 9.17) is 10.5 Å². The van der Waals surface area contributed by atoms with Crippen molar-refractivity contribution in [2.45, 2.75) is 37.5 Å². The fourth-order valence-corrected chi connectivity index (χ4v) is 2.93. The molecule has 1 spiro atoms. The van der Waals surface area contributed by atoms with Crippen molar-refractivity contribution in [1.82, 2.24) is 10.6 Å². The Hall–Kier alpha value is -2.08. The van der Waals surface area contributed by atoms with Crippen LogP contribution in [0.2, 0.25) is 0 Å². The van der Waals surface area contributed by atoms with Crippen molar-refractivity contribution in [3.05, 3.63) is 36.1 Å². The number of methoxy groups -OCH3 is 1. The van der Waals surface area contributed by atoms with Gasteiger partial charge in [0.25, 0.3) is 0 Å². The summed E-state index contributed by atoms with van der Waals surface area (Å²) >= 11 is 0. The average Bonchev–Trinajstić information content (AvgIpc) is 2.76. The van der Waals surface area contributed by atoms with E-state index in [1.807, 2.05) is 30.4 Å². The van der Waals surface area contributed by atoms with E-state index >= 15 is 0 Å². The minimum absolute atomic E-state index is 0.135. The number of hydrogen-bond acceptors (Lipinski definition) is 6. The summed E-state index contributed by atoms with van der Waals surface area (Å²) in [4.78, 5) is 8.76. The molecule has 1 unspecified atom stereocenters. The molecule has 1 heterocycles. The van der Waals surface area contributed by atoms with Crippen LogP contribution in [0.5, 0.6) is 0 Å². The molecular weight excluding hydrogens is 266 g/mol. The average molecular weight is 287 g/mol. The van der Waals surface area contributed by atoms with Crippen LogP contribution in [-0.2, 0) is 4.74 Å². The van der Waals surface area contributed by atoms with Crippen LogP contribution in [0.3, 0.4) is 0 Å². The Morgan fingerprint density at radius 2 is 2.14 bits per heavy atom. The summed E-state index contributed by atoms with van der Waals surface area (Å²) in [6.45, 7) is 0. The van der Waals surface area contributed by atoms with Crippen LogP contribution < -0.4 is 16.4 Å². The second-order valence-corrected chi connectivity index (χ2v) is 5.47. The maximum Gasteiger partial charge on any atom is 0.220 e. The Morgan fingerprint density at radius 1 is 1.33 bits per heavy atom. The van der Waals surface area contributed by atoms with Crippen LogP contribution in [-0.4, -0.2) is 30.8 Å². The molecule has 3 aliphatic rings. The van der Waals surface area contributed by atoms with E-state index < -0.39 is 0 Å². The molecule has 0 aromatic carbocycles. The molecule has 0 amide bonds. The van der Waals surface area contributed by atoms with Gasteiger partial charge in [0.15, 0.2) is 0 Å². The van der Waals surface area contributed by atoms with Gasteiger partial charge >= 0.3 is 0 Å². The largest absolute Gasteiger partial charge is 0.371 e. The molecule has 1 fully saturated rings. The lowest BCUT2D eigenvalue weighted by Crippen LogP contribution is -2.54. The van der Waals surface area contributed by atoms with E-state index in [-0.39, 0.29) is 11.8 Å². The SMILES string of the molecule is COC1C=CC=CC=C1NC1=NC(N)=NC2(CCCC2)N1. The lowest BCUT2D eigenvalue weighted by molar-refractivity contribution is 0.165. The molecule has 0 radical (unpaired) electrons. The topological polar surface area (TPSA) is 84.0 Å². The van der Waals surface area contributed by atoms with Gasteiger partial charge in [-0.3, -0.25) is 0 Å². The first-order valence-corrected chi connectivity index (χ1v) is 7.28. The first kappa shape index (κ1) is 13.9. The predicted molar refractivity (Wildman–Crippen MR) is 83.7 cm³/mol. The standard InChI is InChI=1S/C15H21N5O/c1-21-12-8-4-2-3-7-11(12)17-14-18-13(16)19-15(20-14)9-5-6-10-15/h2-4,7-8,12H,5-6,9-10H2,1H3,(H4,16,17,18,19,20). The van der Waals surface area contributed by atoms with Crippen LogP contribution in [0, 0.1) is 0 Å². The molecule has 4 N–H and O–H groups in total. The van der Waals surface area contributed by atoms with E-state index in [1.165, 1.54) is 0 Å². The van der Waals surface area contributed by atoms with Crippen LogP contribution >= 0.6 is 0 Å². The summed E-state index contributed by atoms with van der Waals surface area (Å²) in [5.41, 5.74) is 6.52. The summed E-state index contributed by atoms with van der Waals surface area (Å²) in [6, 6.07) is 0. The van der Waals surface area contributed by atoms with Crippen LogP contribution in [0.25, 0.3) is 0 Å². The summed E-state index contributed by atoms with van der Waals surface area (Å²) < 4.78 is 5.47. The molecule has 0 aromatic rings. The molecule has 0 saturated heterocycles. The van der Waals surface area contributed by atoms with E-state index in [2.05, 4.69) is 20.6 Å². The van der Waals surface area contributed by atoms with Gasteiger partial charge in [0, 0.05) is 7.11 Å². The van der Waals surface area contributed by atoms with Crippen molar-refractivity contribution in [3.63, 3.8) is 0 Å². The zero-order chi connectivity index (χ0) is 14.7. The number of ether oxygens (including phenoxy) is 1. The number of nitrogens with one attached hydrogen (secondary N) is 2. The number of nitrogens with two attached hydrogens (primary N) is 1. The summed E-state index contributed by atoms with van der Waals surface area (Å²) in [5, 5.41) is 6.69. The molecule has 6 nitrogen and oxygen atoms in total. The highest BCUT2D eigenvalue weighted by atomic mass is 16.5. The molecule has 0 aromatic heterocycles. The zero-order valence-corrected chi connectivity index (χ0v) is 12.2. The summed E-state index contributed by atoms with van der Waals surface area (Å²) in [7, 11) is 1.68. The van der Waals surface area contributed by atoms with Gasteiger partial charge < -0.3 is 21.1 Å². The molecule has 6 heteroatoms. The highest BCUT2D eigenvalue weighted by Crippen LogP contribution is 2.32. The van der Waals surface area contributed by atoms with Gasteiger partial charge in [-0.1, -0.05) is 18.2 Å². The van der Waals surface area contributed by atoms with Crippen molar-refractivity contribution < 1.29 is 4.74 Å². The first-order valence-electron chi connectivity index (χ1n) is 7.28. The molecule has 3 rings (SSSR count). The molecule has 112 valence electrons. The Morgan fingerprint density at radius 3 is 2.90 bits per heavy atom.